The Hall–Kier alpha value is -2.83. The summed E-state index contributed by atoms with van der Waals surface area (Å²) in [5.41, 5.74) is 6.83. The molecule has 5 nitrogen and oxygen atoms in total. The van der Waals surface area contributed by atoms with Crippen LogP contribution in [0.5, 0.6) is 0 Å². The summed E-state index contributed by atoms with van der Waals surface area (Å²) in [7, 11) is -4.00. The van der Waals surface area contributed by atoms with Crippen LogP contribution in [0.1, 0.15) is 46.3 Å². The van der Waals surface area contributed by atoms with Gasteiger partial charge in [0, 0.05) is 5.02 Å². The minimum absolute atomic E-state index is 0.0704. The molecule has 0 spiro atoms. The highest BCUT2D eigenvalue weighted by Gasteiger charge is 2.28. The van der Waals surface area contributed by atoms with Crippen LogP contribution in [-0.2, 0) is 14.8 Å². The third-order valence-corrected chi connectivity index (χ3v) is 8.23. The number of anilines is 1. The van der Waals surface area contributed by atoms with Crippen LogP contribution in [0.15, 0.2) is 59.5 Å². The van der Waals surface area contributed by atoms with E-state index in [1.165, 1.54) is 29.8 Å². The summed E-state index contributed by atoms with van der Waals surface area (Å²) in [4.78, 5) is 13.2. The number of aryl methyl sites for hydroxylation is 5. The molecule has 3 aromatic rings. The summed E-state index contributed by atoms with van der Waals surface area (Å²) >= 11 is 5.96. The van der Waals surface area contributed by atoms with Gasteiger partial charge in [-0.3, -0.25) is 9.10 Å². The van der Waals surface area contributed by atoms with Crippen LogP contribution in [0.3, 0.4) is 0 Å². The van der Waals surface area contributed by atoms with Crippen molar-refractivity contribution in [1.29, 1.82) is 0 Å². The highest BCUT2D eigenvalue weighted by atomic mass is 35.5. The molecule has 1 amide bonds. The van der Waals surface area contributed by atoms with Crippen LogP contribution in [0.25, 0.3) is 0 Å². The lowest BCUT2D eigenvalue weighted by molar-refractivity contribution is -0.120. The molecule has 34 heavy (non-hydrogen) atoms. The Bertz CT molecular complexity index is 1320. The number of nitrogens with zero attached hydrogens (tertiary/aromatic N) is 1. The SMILES string of the molecule is Cc1ccc(N(CC(=O)N[C@@H](C)c2cc(C)c(C)cc2C)S(=O)(=O)c2ccc(Cl)cc2)cc1C. The summed E-state index contributed by atoms with van der Waals surface area (Å²) < 4.78 is 28.3. The topological polar surface area (TPSA) is 66.5 Å². The summed E-state index contributed by atoms with van der Waals surface area (Å²) in [5, 5.41) is 3.41. The Balaban J connectivity index is 1.94. The lowest BCUT2D eigenvalue weighted by Crippen LogP contribution is -2.41. The highest BCUT2D eigenvalue weighted by Crippen LogP contribution is 2.27. The first kappa shape index (κ1) is 25.8. The van der Waals surface area contributed by atoms with Gasteiger partial charge in [0.25, 0.3) is 10.0 Å². The van der Waals surface area contributed by atoms with Crippen molar-refractivity contribution < 1.29 is 13.2 Å². The maximum absolute atomic E-state index is 13.6. The van der Waals surface area contributed by atoms with E-state index in [0.29, 0.717) is 10.7 Å². The van der Waals surface area contributed by atoms with Crippen LogP contribution >= 0.6 is 11.6 Å². The molecule has 0 unspecified atom stereocenters. The lowest BCUT2D eigenvalue weighted by Gasteiger charge is -2.26. The average Bonchev–Trinajstić information content (AvgIpc) is 2.76. The number of hydrogen-bond donors (Lipinski definition) is 1. The van der Waals surface area contributed by atoms with Gasteiger partial charge >= 0.3 is 0 Å². The number of rotatable bonds is 7. The molecule has 0 aliphatic carbocycles. The quantitative estimate of drug-likeness (QED) is 0.437. The Labute approximate surface area is 207 Å². The van der Waals surface area contributed by atoms with Crippen LogP contribution in [0.4, 0.5) is 5.69 Å². The van der Waals surface area contributed by atoms with Crippen LogP contribution < -0.4 is 9.62 Å². The Morgan fingerprint density at radius 1 is 0.853 bits per heavy atom. The first-order valence-electron chi connectivity index (χ1n) is 11.1. The molecule has 7 heteroatoms. The number of carbonyl (C=O) groups excluding carboxylic acids is 1. The van der Waals surface area contributed by atoms with Gasteiger partial charge in [-0.15, -0.1) is 0 Å². The average molecular weight is 499 g/mol. The standard InChI is InChI=1S/C27H31ClN2O3S/c1-17-7-10-24(14-19(17)3)30(34(32,33)25-11-8-23(28)9-12-25)16-27(31)29-22(6)26-15-20(4)18(2)13-21(26)5/h7-15,22H,16H2,1-6H3,(H,29,31)/t22-/m0/s1. The summed E-state index contributed by atoms with van der Waals surface area (Å²) in [6, 6.07) is 15.2. The van der Waals surface area contributed by atoms with E-state index in [1.807, 2.05) is 40.7 Å². The number of carbonyl (C=O) groups is 1. The third-order valence-electron chi connectivity index (χ3n) is 6.19. The molecule has 0 fully saturated rings. The highest BCUT2D eigenvalue weighted by molar-refractivity contribution is 7.92. The van der Waals surface area contributed by atoms with E-state index in [2.05, 4.69) is 24.4 Å². The molecule has 0 aliphatic rings. The van der Waals surface area contributed by atoms with Crippen LogP contribution in [0.2, 0.25) is 5.02 Å². The molecule has 0 aliphatic heterocycles. The number of halogens is 1. The molecule has 0 aromatic heterocycles. The number of hydrogen-bond acceptors (Lipinski definition) is 3. The lowest BCUT2D eigenvalue weighted by atomic mass is 9.96. The first-order chi connectivity index (χ1) is 15.9. The smallest absolute Gasteiger partial charge is 0.264 e. The van der Waals surface area contributed by atoms with Gasteiger partial charge in [0.2, 0.25) is 5.91 Å². The van der Waals surface area contributed by atoms with E-state index in [4.69, 9.17) is 11.6 Å². The molecule has 3 aromatic carbocycles. The van der Waals surface area contributed by atoms with Crippen molar-refractivity contribution in [2.45, 2.75) is 52.5 Å². The summed E-state index contributed by atoms with van der Waals surface area (Å²) in [6.45, 7) is 11.5. The third kappa shape index (κ3) is 5.62. The molecule has 0 bridgehead atoms. The molecule has 0 radical (unpaired) electrons. The zero-order chi connectivity index (χ0) is 25.2. The monoisotopic (exact) mass is 498 g/mol. The fourth-order valence-electron chi connectivity index (χ4n) is 3.87. The molecule has 1 N–H and O–H groups in total. The van der Waals surface area contributed by atoms with E-state index in [1.54, 1.807) is 12.1 Å². The molecule has 1 atom stereocenters. The predicted octanol–water partition coefficient (Wildman–Crippen LogP) is 5.95. The molecular weight excluding hydrogens is 468 g/mol. The first-order valence-corrected chi connectivity index (χ1v) is 12.9. The minimum Gasteiger partial charge on any atom is -0.348 e. The Morgan fingerprint density at radius 3 is 2.06 bits per heavy atom. The molecule has 3 rings (SSSR count). The Kier molecular flexibility index (Phi) is 7.74. The van der Waals surface area contributed by atoms with Gasteiger partial charge in [-0.25, -0.2) is 8.42 Å². The fourth-order valence-corrected chi connectivity index (χ4v) is 5.41. The van der Waals surface area contributed by atoms with Crippen molar-refractivity contribution in [3.63, 3.8) is 0 Å². The minimum atomic E-state index is -4.00. The Morgan fingerprint density at radius 2 is 1.44 bits per heavy atom. The van der Waals surface area contributed by atoms with Crippen molar-refractivity contribution >= 4 is 33.2 Å². The van der Waals surface area contributed by atoms with E-state index >= 15 is 0 Å². The largest absolute Gasteiger partial charge is 0.348 e. The zero-order valence-corrected chi connectivity index (χ0v) is 22.0. The van der Waals surface area contributed by atoms with Gasteiger partial charge in [-0.2, -0.15) is 0 Å². The maximum atomic E-state index is 13.6. The van der Waals surface area contributed by atoms with Crippen molar-refractivity contribution in [2.75, 3.05) is 10.8 Å². The van der Waals surface area contributed by atoms with Gasteiger partial charge in [0.15, 0.2) is 0 Å². The summed E-state index contributed by atoms with van der Waals surface area (Å²) in [5.74, 6) is -0.388. The van der Waals surface area contributed by atoms with E-state index < -0.39 is 10.0 Å². The van der Waals surface area contributed by atoms with Gasteiger partial charge in [0.1, 0.15) is 6.54 Å². The van der Waals surface area contributed by atoms with Crippen molar-refractivity contribution in [2.24, 2.45) is 0 Å². The fraction of sp³-hybridized carbons (Fsp3) is 0.296. The molecule has 0 heterocycles. The second kappa shape index (κ2) is 10.2. The van der Waals surface area contributed by atoms with Crippen molar-refractivity contribution in [3.05, 3.63) is 93.0 Å². The zero-order valence-electron chi connectivity index (χ0n) is 20.4. The molecular formula is C27H31ClN2O3S. The predicted molar refractivity (Wildman–Crippen MR) is 139 cm³/mol. The number of nitrogens with one attached hydrogen (secondary N) is 1. The van der Waals surface area contributed by atoms with Gasteiger partial charge in [-0.05, 0) is 111 Å². The number of amides is 1. The van der Waals surface area contributed by atoms with Crippen molar-refractivity contribution in [3.8, 4) is 0 Å². The summed E-state index contributed by atoms with van der Waals surface area (Å²) in [6.07, 6.45) is 0. The second-order valence-corrected chi connectivity index (χ2v) is 11.1. The van der Waals surface area contributed by atoms with E-state index in [0.717, 1.165) is 32.1 Å². The van der Waals surface area contributed by atoms with Crippen LogP contribution in [-0.4, -0.2) is 20.9 Å². The molecule has 0 saturated heterocycles. The van der Waals surface area contributed by atoms with Gasteiger partial charge in [-0.1, -0.05) is 29.8 Å². The number of benzene rings is 3. The van der Waals surface area contributed by atoms with Crippen LogP contribution in [0, 0.1) is 34.6 Å². The van der Waals surface area contributed by atoms with E-state index in [9.17, 15) is 13.2 Å². The molecule has 180 valence electrons. The molecule has 0 saturated carbocycles. The maximum Gasteiger partial charge on any atom is 0.264 e. The van der Waals surface area contributed by atoms with Crippen molar-refractivity contribution in [1.82, 2.24) is 5.32 Å². The van der Waals surface area contributed by atoms with Gasteiger partial charge in [0.05, 0.1) is 16.6 Å². The van der Waals surface area contributed by atoms with E-state index in [-0.39, 0.29) is 23.4 Å². The van der Waals surface area contributed by atoms with Gasteiger partial charge < -0.3 is 5.32 Å². The second-order valence-electron chi connectivity index (χ2n) is 8.82. The number of sulfonamides is 1. The normalized spacial score (nSPS) is 12.3.